The Bertz CT molecular complexity index is 1310. The van der Waals surface area contributed by atoms with E-state index < -0.39 is 28.5 Å². The molecule has 202 valence electrons. The van der Waals surface area contributed by atoms with Crippen LogP contribution in [0.1, 0.15) is 43.4 Å². The molecule has 7 nitrogen and oxygen atoms in total. The molecule has 1 atom stereocenters. The molecule has 0 bridgehead atoms. The van der Waals surface area contributed by atoms with Gasteiger partial charge in [-0.3, -0.25) is 13.9 Å². The van der Waals surface area contributed by atoms with Crippen molar-refractivity contribution in [3.8, 4) is 0 Å². The highest BCUT2D eigenvalue weighted by Crippen LogP contribution is 2.25. The number of hydrogen-bond donors (Lipinski definition) is 1. The molecular formula is C30H37N3O4S. The fourth-order valence-electron chi connectivity index (χ4n) is 3.98. The Hall–Kier alpha value is -3.65. The van der Waals surface area contributed by atoms with E-state index in [1.54, 1.807) is 43.3 Å². The number of carbonyl (C=O) groups is 2. The number of aryl methyl sites for hydroxylation is 2. The number of rotatable bonds is 12. The number of amides is 2. The summed E-state index contributed by atoms with van der Waals surface area (Å²) in [5, 5.41) is 2.89. The lowest BCUT2D eigenvalue weighted by Crippen LogP contribution is -2.51. The van der Waals surface area contributed by atoms with Gasteiger partial charge in [-0.1, -0.05) is 79.1 Å². The van der Waals surface area contributed by atoms with Crippen molar-refractivity contribution in [3.63, 3.8) is 0 Å². The van der Waals surface area contributed by atoms with E-state index in [-0.39, 0.29) is 17.3 Å². The number of nitrogens with one attached hydrogen (secondary N) is 1. The normalized spacial score (nSPS) is 12.0. The summed E-state index contributed by atoms with van der Waals surface area (Å²) in [6.07, 6.45) is 1.77. The number of carbonyl (C=O) groups excluding carboxylic acids is 2. The average molecular weight is 536 g/mol. The van der Waals surface area contributed by atoms with Crippen LogP contribution in [0.4, 0.5) is 5.69 Å². The lowest BCUT2D eigenvalue weighted by atomic mass is 10.1. The minimum absolute atomic E-state index is 0.0939. The predicted molar refractivity (Wildman–Crippen MR) is 151 cm³/mol. The van der Waals surface area contributed by atoms with Gasteiger partial charge in [-0.25, -0.2) is 8.42 Å². The highest BCUT2D eigenvalue weighted by Gasteiger charge is 2.32. The molecule has 0 aliphatic carbocycles. The van der Waals surface area contributed by atoms with E-state index in [0.717, 1.165) is 33.8 Å². The molecule has 3 aromatic carbocycles. The SMILES string of the molecule is CCCCNC(=O)C(C)N(Cc1ccccc1)C(=O)CN(c1ccc(C)cc1)S(=O)(=O)c1ccc(C)cc1. The molecule has 8 heteroatoms. The van der Waals surface area contributed by atoms with Crippen LogP contribution in [0, 0.1) is 13.8 Å². The molecular weight excluding hydrogens is 498 g/mol. The molecule has 0 saturated carbocycles. The van der Waals surface area contributed by atoms with Gasteiger partial charge in [0.1, 0.15) is 12.6 Å². The van der Waals surface area contributed by atoms with Crippen LogP contribution in [-0.2, 0) is 26.2 Å². The number of unbranched alkanes of at least 4 members (excludes halogenated alkanes) is 1. The molecule has 0 aliphatic rings. The summed E-state index contributed by atoms with van der Waals surface area (Å²) >= 11 is 0. The lowest BCUT2D eigenvalue weighted by Gasteiger charge is -2.32. The van der Waals surface area contributed by atoms with E-state index in [4.69, 9.17) is 0 Å². The summed E-state index contributed by atoms with van der Waals surface area (Å²) < 4.78 is 28.7. The van der Waals surface area contributed by atoms with Gasteiger partial charge in [0.25, 0.3) is 10.0 Å². The topological polar surface area (TPSA) is 86.8 Å². The maximum absolute atomic E-state index is 13.8. The molecule has 0 aromatic heterocycles. The quantitative estimate of drug-likeness (QED) is 0.337. The largest absolute Gasteiger partial charge is 0.354 e. The zero-order valence-corrected chi connectivity index (χ0v) is 23.4. The van der Waals surface area contributed by atoms with E-state index in [9.17, 15) is 18.0 Å². The summed E-state index contributed by atoms with van der Waals surface area (Å²) in [6, 6.07) is 22.1. The summed E-state index contributed by atoms with van der Waals surface area (Å²) in [4.78, 5) is 28.3. The molecule has 0 aliphatic heterocycles. The van der Waals surface area contributed by atoms with Crippen LogP contribution in [0.15, 0.2) is 83.8 Å². The second-order valence-corrected chi connectivity index (χ2v) is 11.4. The van der Waals surface area contributed by atoms with Gasteiger partial charge in [-0.15, -0.1) is 0 Å². The van der Waals surface area contributed by atoms with E-state index >= 15 is 0 Å². The van der Waals surface area contributed by atoms with E-state index in [1.165, 1.54) is 4.90 Å². The van der Waals surface area contributed by atoms with Gasteiger partial charge in [0.2, 0.25) is 11.8 Å². The van der Waals surface area contributed by atoms with Gasteiger partial charge in [0.15, 0.2) is 0 Å². The summed E-state index contributed by atoms with van der Waals surface area (Å²) in [5.74, 6) is -0.741. The summed E-state index contributed by atoms with van der Waals surface area (Å²) in [5.41, 5.74) is 3.12. The Balaban J connectivity index is 1.97. The first-order valence-electron chi connectivity index (χ1n) is 12.9. The molecule has 38 heavy (non-hydrogen) atoms. The highest BCUT2D eigenvalue weighted by atomic mass is 32.2. The zero-order chi connectivity index (χ0) is 27.7. The highest BCUT2D eigenvalue weighted by molar-refractivity contribution is 7.92. The number of anilines is 1. The molecule has 3 rings (SSSR count). The Labute approximate surface area is 226 Å². The molecule has 1 N–H and O–H groups in total. The Morgan fingerprint density at radius 2 is 1.45 bits per heavy atom. The first-order valence-corrected chi connectivity index (χ1v) is 14.3. The molecule has 3 aromatic rings. The van der Waals surface area contributed by atoms with Crippen LogP contribution >= 0.6 is 0 Å². The second-order valence-electron chi connectivity index (χ2n) is 9.49. The van der Waals surface area contributed by atoms with Crippen molar-refractivity contribution in [2.75, 3.05) is 17.4 Å². The predicted octanol–water partition coefficient (Wildman–Crippen LogP) is 4.83. The number of hydrogen-bond acceptors (Lipinski definition) is 4. The Morgan fingerprint density at radius 3 is 2.03 bits per heavy atom. The molecule has 1 unspecified atom stereocenters. The van der Waals surface area contributed by atoms with Gasteiger partial charge in [0, 0.05) is 13.1 Å². The minimum Gasteiger partial charge on any atom is -0.354 e. The van der Waals surface area contributed by atoms with Crippen molar-refractivity contribution >= 4 is 27.5 Å². The third kappa shape index (κ3) is 7.44. The third-order valence-electron chi connectivity index (χ3n) is 6.40. The van der Waals surface area contributed by atoms with Crippen molar-refractivity contribution in [2.45, 2.75) is 58.0 Å². The molecule has 0 spiro atoms. The van der Waals surface area contributed by atoms with Gasteiger partial charge >= 0.3 is 0 Å². The van der Waals surface area contributed by atoms with Crippen molar-refractivity contribution in [2.24, 2.45) is 0 Å². The number of benzene rings is 3. The fraction of sp³-hybridized carbons (Fsp3) is 0.333. The third-order valence-corrected chi connectivity index (χ3v) is 8.19. The lowest BCUT2D eigenvalue weighted by molar-refractivity contribution is -0.139. The monoisotopic (exact) mass is 535 g/mol. The van der Waals surface area contributed by atoms with Crippen LogP contribution < -0.4 is 9.62 Å². The van der Waals surface area contributed by atoms with Crippen molar-refractivity contribution in [1.82, 2.24) is 10.2 Å². The van der Waals surface area contributed by atoms with Gasteiger partial charge in [0.05, 0.1) is 10.6 Å². The van der Waals surface area contributed by atoms with E-state index in [2.05, 4.69) is 5.32 Å². The second kappa shape index (κ2) is 13.2. The van der Waals surface area contributed by atoms with Crippen molar-refractivity contribution in [3.05, 3.63) is 95.6 Å². The van der Waals surface area contributed by atoms with E-state index in [0.29, 0.717) is 12.2 Å². The minimum atomic E-state index is -4.06. The number of sulfonamides is 1. The van der Waals surface area contributed by atoms with Crippen LogP contribution in [0.25, 0.3) is 0 Å². The average Bonchev–Trinajstić information content (AvgIpc) is 2.91. The number of nitrogens with zero attached hydrogens (tertiary/aromatic N) is 2. The van der Waals surface area contributed by atoms with Crippen LogP contribution in [0.5, 0.6) is 0 Å². The van der Waals surface area contributed by atoms with Crippen molar-refractivity contribution < 1.29 is 18.0 Å². The molecule has 0 heterocycles. The standard InChI is InChI=1S/C30H37N3O4S/c1-5-6-20-31-30(35)25(4)32(21-26-10-8-7-9-11-26)29(34)22-33(27-16-12-23(2)13-17-27)38(36,37)28-18-14-24(3)15-19-28/h7-19,25H,5-6,20-22H2,1-4H3,(H,31,35). The Morgan fingerprint density at radius 1 is 0.868 bits per heavy atom. The van der Waals surface area contributed by atoms with Crippen LogP contribution in [0.2, 0.25) is 0 Å². The summed E-state index contributed by atoms with van der Waals surface area (Å²) in [6.45, 7) is 7.75. The Kier molecular flexibility index (Phi) is 10.1. The first kappa shape index (κ1) is 28.9. The zero-order valence-electron chi connectivity index (χ0n) is 22.6. The molecule has 0 radical (unpaired) electrons. The molecule has 0 saturated heterocycles. The molecule has 0 fully saturated rings. The maximum Gasteiger partial charge on any atom is 0.264 e. The van der Waals surface area contributed by atoms with Crippen LogP contribution in [-0.4, -0.2) is 44.3 Å². The molecule has 2 amide bonds. The van der Waals surface area contributed by atoms with Crippen molar-refractivity contribution in [1.29, 1.82) is 0 Å². The van der Waals surface area contributed by atoms with Gasteiger partial charge in [-0.2, -0.15) is 0 Å². The smallest absolute Gasteiger partial charge is 0.264 e. The fourth-order valence-corrected chi connectivity index (χ4v) is 5.39. The van der Waals surface area contributed by atoms with Crippen LogP contribution in [0.3, 0.4) is 0 Å². The van der Waals surface area contributed by atoms with Gasteiger partial charge < -0.3 is 10.2 Å². The van der Waals surface area contributed by atoms with E-state index in [1.807, 2.05) is 63.2 Å². The summed E-state index contributed by atoms with van der Waals surface area (Å²) in [7, 11) is -4.06. The van der Waals surface area contributed by atoms with Gasteiger partial charge in [-0.05, 0) is 57.0 Å². The maximum atomic E-state index is 13.8. The first-order chi connectivity index (χ1) is 18.1.